The van der Waals surface area contributed by atoms with E-state index < -0.39 is 0 Å². The van der Waals surface area contributed by atoms with Gasteiger partial charge in [0.05, 0.1) is 19.4 Å². The van der Waals surface area contributed by atoms with Crippen LogP contribution in [0, 0.1) is 0 Å². The highest BCUT2D eigenvalue weighted by Gasteiger charge is 2.19. The number of hydrogen-bond acceptors (Lipinski definition) is 4. The van der Waals surface area contributed by atoms with Gasteiger partial charge < -0.3 is 9.47 Å². The monoisotopic (exact) mass is 413 g/mol. The third kappa shape index (κ3) is 5.12. The van der Waals surface area contributed by atoms with Crippen molar-refractivity contribution >= 4 is 0 Å². The lowest BCUT2D eigenvalue weighted by Crippen LogP contribution is -2.06. The summed E-state index contributed by atoms with van der Waals surface area (Å²) in [6.45, 7) is 0.594. The molecular weight excluding hydrogens is 386 g/mol. The second-order valence-electron chi connectivity index (χ2n) is 7.32. The number of aromatic nitrogens is 3. The van der Waals surface area contributed by atoms with Crippen molar-refractivity contribution in [3.8, 4) is 28.8 Å². The summed E-state index contributed by atoms with van der Waals surface area (Å²) in [5.41, 5.74) is 3.21. The Hall–Kier alpha value is -3.60. The number of para-hydroxylation sites is 2. The Labute approximate surface area is 183 Å². The van der Waals surface area contributed by atoms with Gasteiger partial charge in [-0.3, -0.25) is 0 Å². The van der Waals surface area contributed by atoms with Gasteiger partial charge in [-0.2, -0.15) is 0 Å². The maximum atomic E-state index is 6.08. The van der Waals surface area contributed by atoms with Crippen LogP contribution in [-0.2, 0) is 6.42 Å². The fourth-order valence-electron chi connectivity index (χ4n) is 3.59. The van der Waals surface area contributed by atoms with E-state index in [-0.39, 0.29) is 0 Å². The summed E-state index contributed by atoms with van der Waals surface area (Å²) in [6.07, 6.45) is 4.30. The second-order valence-corrected chi connectivity index (χ2v) is 7.32. The van der Waals surface area contributed by atoms with Gasteiger partial charge in [-0.1, -0.05) is 77.9 Å². The number of nitrogens with zero attached hydrogens (tertiary/aromatic N) is 3. The molecule has 0 unspecified atom stereocenters. The lowest BCUT2D eigenvalue weighted by molar-refractivity contribution is 0.276. The predicted molar refractivity (Wildman–Crippen MR) is 123 cm³/mol. The number of ether oxygens (including phenoxy) is 2. The van der Waals surface area contributed by atoms with Gasteiger partial charge >= 0.3 is 6.01 Å². The molecule has 1 heterocycles. The fourth-order valence-corrected chi connectivity index (χ4v) is 3.59. The highest BCUT2D eigenvalue weighted by molar-refractivity contribution is 5.61. The molecule has 158 valence electrons. The molecule has 4 aromatic rings. The molecule has 0 aliphatic heterocycles. The molecule has 0 saturated heterocycles. The molecule has 0 radical (unpaired) electrons. The number of hydrogen-bond donors (Lipinski definition) is 0. The molecule has 0 spiro atoms. The third-order valence-electron chi connectivity index (χ3n) is 5.18. The first-order chi connectivity index (χ1) is 15.4. The van der Waals surface area contributed by atoms with Gasteiger partial charge in [-0.15, -0.1) is 5.10 Å². The van der Waals surface area contributed by atoms with Gasteiger partial charge in [0.2, 0.25) is 0 Å². The average Bonchev–Trinajstić information content (AvgIpc) is 3.26. The van der Waals surface area contributed by atoms with Crippen LogP contribution in [0.15, 0.2) is 84.9 Å². The maximum absolute atomic E-state index is 6.08. The quantitative estimate of drug-likeness (QED) is 0.311. The van der Waals surface area contributed by atoms with Crippen molar-refractivity contribution < 1.29 is 9.47 Å². The van der Waals surface area contributed by atoms with Crippen molar-refractivity contribution in [3.05, 3.63) is 90.5 Å². The van der Waals surface area contributed by atoms with Crippen LogP contribution >= 0.6 is 0 Å². The van der Waals surface area contributed by atoms with Crippen molar-refractivity contribution in [1.82, 2.24) is 14.8 Å². The van der Waals surface area contributed by atoms with Gasteiger partial charge in [-0.25, -0.2) is 4.57 Å². The first kappa shape index (κ1) is 20.7. The molecular formula is C26H27N3O2. The lowest BCUT2D eigenvalue weighted by atomic mass is 10.1. The minimum atomic E-state index is 0.478. The first-order valence-electron chi connectivity index (χ1n) is 10.7. The summed E-state index contributed by atoms with van der Waals surface area (Å²) in [6, 6.07) is 28.9. The van der Waals surface area contributed by atoms with Crippen LogP contribution in [0.5, 0.6) is 11.8 Å². The number of benzene rings is 3. The summed E-state index contributed by atoms with van der Waals surface area (Å²) < 4.78 is 13.6. The number of unbranched alkanes of at least 4 members (excludes halogenated alkanes) is 2. The molecule has 0 aliphatic rings. The van der Waals surface area contributed by atoms with E-state index in [1.165, 1.54) is 5.56 Å². The molecule has 4 rings (SSSR count). The van der Waals surface area contributed by atoms with Gasteiger partial charge in [0.25, 0.3) is 0 Å². The van der Waals surface area contributed by atoms with Gasteiger partial charge in [0.1, 0.15) is 5.75 Å². The van der Waals surface area contributed by atoms with Crippen LogP contribution in [0.2, 0.25) is 0 Å². The molecule has 3 aromatic carbocycles. The van der Waals surface area contributed by atoms with E-state index in [0.29, 0.717) is 12.6 Å². The minimum Gasteiger partial charge on any atom is -0.495 e. The number of rotatable bonds is 10. The SMILES string of the molecule is COc1ccccc1-n1c(OCCCCCc2ccccc2)nnc1-c1ccccc1. The van der Waals surface area contributed by atoms with E-state index in [9.17, 15) is 0 Å². The van der Waals surface area contributed by atoms with Crippen LogP contribution in [0.25, 0.3) is 17.1 Å². The maximum Gasteiger partial charge on any atom is 0.322 e. The van der Waals surface area contributed by atoms with Crippen molar-refractivity contribution in [2.45, 2.75) is 25.7 Å². The fraction of sp³-hybridized carbons (Fsp3) is 0.231. The topological polar surface area (TPSA) is 49.2 Å². The normalized spacial score (nSPS) is 10.7. The Morgan fingerprint density at radius 3 is 2.23 bits per heavy atom. The van der Waals surface area contributed by atoms with E-state index >= 15 is 0 Å². The second kappa shape index (κ2) is 10.4. The van der Waals surface area contributed by atoms with Gasteiger partial charge in [-0.05, 0) is 43.4 Å². The van der Waals surface area contributed by atoms with Crippen molar-refractivity contribution in [3.63, 3.8) is 0 Å². The smallest absolute Gasteiger partial charge is 0.322 e. The Morgan fingerprint density at radius 1 is 0.742 bits per heavy atom. The molecule has 0 saturated carbocycles. The summed E-state index contributed by atoms with van der Waals surface area (Å²) in [5, 5.41) is 8.77. The molecule has 0 N–H and O–H groups in total. The van der Waals surface area contributed by atoms with Crippen LogP contribution in [-0.4, -0.2) is 28.5 Å². The predicted octanol–water partition coefficient (Wildman–Crippen LogP) is 5.73. The molecule has 0 atom stereocenters. The zero-order chi connectivity index (χ0) is 21.3. The van der Waals surface area contributed by atoms with Crippen molar-refractivity contribution in [2.24, 2.45) is 0 Å². The third-order valence-corrected chi connectivity index (χ3v) is 5.18. The van der Waals surface area contributed by atoms with E-state index in [0.717, 1.165) is 48.5 Å². The first-order valence-corrected chi connectivity index (χ1v) is 10.7. The molecule has 0 fully saturated rings. The largest absolute Gasteiger partial charge is 0.495 e. The zero-order valence-electron chi connectivity index (χ0n) is 17.8. The molecule has 0 bridgehead atoms. The van der Waals surface area contributed by atoms with E-state index in [2.05, 4.69) is 40.5 Å². The summed E-state index contributed by atoms with van der Waals surface area (Å²) in [5.74, 6) is 1.47. The molecule has 5 nitrogen and oxygen atoms in total. The summed E-state index contributed by atoms with van der Waals surface area (Å²) in [4.78, 5) is 0. The van der Waals surface area contributed by atoms with Crippen LogP contribution in [0.4, 0.5) is 0 Å². The highest BCUT2D eigenvalue weighted by Crippen LogP contribution is 2.31. The number of aryl methyl sites for hydroxylation is 1. The van der Waals surface area contributed by atoms with Crippen LogP contribution in [0.3, 0.4) is 0 Å². The zero-order valence-corrected chi connectivity index (χ0v) is 17.8. The number of methoxy groups -OCH3 is 1. The Kier molecular flexibility index (Phi) is 6.96. The van der Waals surface area contributed by atoms with E-state index in [1.807, 2.05) is 59.2 Å². The standard InChI is InChI=1S/C26H27N3O2/c1-30-24-19-11-10-18-23(24)29-25(22-16-8-3-9-17-22)27-28-26(29)31-20-12-4-7-15-21-13-5-2-6-14-21/h2-3,5-6,8-11,13-14,16-19H,4,7,12,15,20H2,1H3. The van der Waals surface area contributed by atoms with E-state index in [1.54, 1.807) is 7.11 Å². The van der Waals surface area contributed by atoms with Gasteiger partial charge in [0, 0.05) is 5.56 Å². The highest BCUT2D eigenvalue weighted by atomic mass is 16.5. The van der Waals surface area contributed by atoms with Crippen molar-refractivity contribution in [2.75, 3.05) is 13.7 Å². The Balaban J connectivity index is 1.47. The lowest BCUT2D eigenvalue weighted by Gasteiger charge is -2.14. The van der Waals surface area contributed by atoms with Crippen LogP contribution < -0.4 is 9.47 Å². The average molecular weight is 414 g/mol. The van der Waals surface area contributed by atoms with Gasteiger partial charge in [0.15, 0.2) is 5.82 Å². The molecule has 31 heavy (non-hydrogen) atoms. The summed E-state index contributed by atoms with van der Waals surface area (Å²) in [7, 11) is 1.67. The van der Waals surface area contributed by atoms with E-state index in [4.69, 9.17) is 9.47 Å². The Bertz CT molecular complexity index is 1080. The molecule has 1 aromatic heterocycles. The minimum absolute atomic E-state index is 0.478. The molecule has 0 amide bonds. The Morgan fingerprint density at radius 2 is 1.45 bits per heavy atom. The molecule has 0 aliphatic carbocycles. The molecule has 5 heteroatoms. The van der Waals surface area contributed by atoms with Crippen molar-refractivity contribution in [1.29, 1.82) is 0 Å². The van der Waals surface area contributed by atoms with Crippen LogP contribution in [0.1, 0.15) is 24.8 Å². The summed E-state index contributed by atoms with van der Waals surface area (Å²) >= 11 is 0.